The van der Waals surface area contributed by atoms with Gasteiger partial charge in [0.1, 0.15) is 11.5 Å². The zero-order valence-electron chi connectivity index (χ0n) is 16.9. The van der Waals surface area contributed by atoms with Gasteiger partial charge in [-0.15, -0.1) is 0 Å². The summed E-state index contributed by atoms with van der Waals surface area (Å²) in [6.07, 6.45) is 2.60. The van der Waals surface area contributed by atoms with Gasteiger partial charge in [0, 0.05) is 24.7 Å². The molecule has 0 radical (unpaired) electrons. The molecule has 30 heavy (non-hydrogen) atoms. The maximum absolute atomic E-state index is 13.4. The fourth-order valence-electron chi connectivity index (χ4n) is 4.20. The molecule has 0 bridgehead atoms. The zero-order chi connectivity index (χ0) is 21.3. The first-order valence-electron chi connectivity index (χ1n) is 10.3. The van der Waals surface area contributed by atoms with Crippen molar-refractivity contribution in [2.24, 2.45) is 0 Å². The van der Waals surface area contributed by atoms with E-state index in [2.05, 4.69) is 5.32 Å². The Morgan fingerprint density at radius 1 is 1.23 bits per heavy atom. The number of likely N-dealkylation sites (tertiary alicyclic amines) is 1. The molecule has 1 N–H and O–H groups in total. The Balaban J connectivity index is 1.62. The molecule has 8 heteroatoms. The van der Waals surface area contributed by atoms with E-state index in [4.69, 9.17) is 16.3 Å². The van der Waals surface area contributed by atoms with Crippen LogP contribution < -0.4 is 5.32 Å². The SMILES string of the molecule is CC[C@@H](NC(=O)c1cc(C(=O)N2CCCC2)n2c1COCC2)c1ccc(F)cc1Cl. The predicted molar refractivity (Wildman–Crippen MR) is 111 cm³/mol. The van der Waals surface area contributed by atoms with Crippen LogP contribution in [0.3, 0.4) is 0 Å². The number of carbonyl (C=O) groups excluding carboxylic acids is 2. The maximum atomic E-state index is 13.4. The summed E-state index contributed by atoms with van der Waals surface area (Å²) in [5, 5.41) is 3.26. The van der Waals surface area contributed by atoms with Gasteiger partial charge in [0.25, 0.3) is 11.8 Å². The number of nitrogens with zero attached hydrogens (tertiary/aromatic N) is 2. The van der Waals surface area contributed by atoms with Crippen molar-refractivity contribution in [3.8, 4) is 0 Å². The van der Waals surface area contributed by atoms with Crippen molar-refractivity contribution < 1.29 is 18.7 Å². The largest absolute Gasteiger partial charge is 0.373 e. The molecule has 1 saturated heterocycles. The summed E-state index contributed by atoms with van der Waals surface area (Å²) < 4.78 is 20.9. The summed E-state index contributed by atoms with van der Waals surface area (Å²) in [7, 11) is 0. The van der Waals surface area contributed by atoms with Crippen LogP contribution in [0.2, 0.25) is 5.02 Å². The van der Waals surface area contributed by atoms with Crippen molar-refractivity contribution in [3.05, 3.63) is 57.6 Å². The summed E-state index contributed by atoms with van der Waals surface area (Å²) >= 11 is 6.20. The second-order valence-corrected chi connectivity index (χ2v) is 8.10. The van der Waals surface area contributed by atoms with Crippen LogP contribution >= 0.6 is 11.6 Å². The van der Waals surface area contributed by atoms with E-state index in [9.17, 15) is 14.0 Å². The first-order valence-corrected chi connectivity index (χ1v) is 10.7. The zero-order valence-corrected chi connectivity index (χ0v) is 17.7. The molecule has 1 aromatic heterocycles. The molecule has 2 aliphatic heterocycles. The quantitative estimate of drug-likeness (QED) is 0.777. The van der Waals surface area contributed by atoms with Crippen LogP contribution in [0.4, 0.5) is 4.39 Å². The Bertz CT molecular complexity index is 969. The highest BCUT2D eigenvalue weighted by molar-refractivity contribution is 6.31. The number of aromatic nitrogens is 1. The Labute approximate surface area is 179 Å². The second kappa shape index (κ2) is 8.78. The summed E-state index contributed by atoms with van der Waals surface area (Å²) in [6.45, 7) is 4.75. The number of hydrogen-bond donors (Lipinski definition) is 1. The van der Waals surface area contributed by atoms with Crippen molar-refractivity contribution in [1.29, 1.82) is 0 Å². The number of carbonyl (C=O) groups is 2. The lowest BCUT2D eigenvalue weighted by molar-refractivity contribution is 0.0714. The molecule has 4 rings (SSSR count). The smallest absolute Gasteiger partial charge is 0.270 e. The van der Waals surface area contributed by atoms with Gasteiger partial charge in [-0.05, 0) is 43.0 Å². The van der Waals surface area contributed by atoms with E-state index in [0.717, 1.165) is 25.9 Å². The summed E-state index contributed by atoms with van der Waals surface area (Å²) in [4.78, 5) is 28.0. The summed E-state index contributed by atoms with van der Waals surface area (Å²) in [6, 6.07) is 5.47. The Kier molecular flexibility index (Phi) is 6.11. The highest BCUT2D eigenvalue weighted by Gasteiger charge is 2.30. The number of halogens is 2. The van der Waals surface area contributed by atoms with E-state index in [1.807, 2.05) is 16.4 Å². The van der Waals surface area contributed by atoms with Gasteiger partial charge in [-0.3, -0.25) is 9.59 Å². The molecule has 1 aromatic carbocycles. The van der Waals surface area contributed by atoms with Crippen molar-refractivity contribution in [2.75, 3.05) is 19.7 Å². The van der Waals surface area contributed by atoms with Crippen LogP contribution in [0.15, 0.2) is 24.3 Å². The van der Waals surface area contributed by atoms with Crippen LogP contribution in [0, 0.1) is 5.82 Å². The Hall–Kier alpha value is -2.38. The van der Waals surface area contributed by atoms with E-state index in [0.29, 0.717) is 42.1 Å². The lowest BCUT2D eigenvalue weighted by Crippen LogP contribution is -2.31. The van der Waals surface area contributed by atoms with E-state index in [1.54, 1.807) is 12.1 Å². The molecule has 0 unspecified atom stereocenters. The fourth-order valence-corrected chi connectivity index (χ4v) is 4.50. The van der Waals surface area contributed by atoms with Crippen molar-refractivity contribution in [2.45, 2.75) is 45.4 Å². The predicted octanol–water partition coefficient (Wildman–Crippen LogP) is 3.93. The fraction of sp³-hybridized carbons (Fsp3) is 0.455. The second-order valence-electron chi connectivity index (χ2n) is 7.69. The number of hydrogen-bond acceptors (Lipinski definition) is 3. The Morgan fingerprint density at radius 3 is 2.70 bits per heavy atom. The number of benzene rings is 1. The molecule has 0 spiro atoms. The Morgan fingerprint density at radius 2 is 2.00 bits per heavy atom. The van der Waals surface area contributed by atoms with Crippen molar-refractivity contribution >= 4 is 23.4 Å². The van der Waals surface area contributed by atoms with Gasteiger partial charge in [-0.1, -0.05) is 24.6 Å². The first-order chi connectivity index (χ1) is 14.5. The minimum Gasteiger partial charge on any atom is -0.373 e. The number of amides is 2. The van der Waals surface area contributed by atoms with Crippen LogP contribution in [0.5, 0.6) is 0 Å². The molecule has 1 fully saturated rings. The maximum Gasteiger partial charge on any atom is 0.270 e. The van der Waals surface area contributed by atoms with Gasteiger partial charge in [0.2, 0.25) is 0 Å². The van der Waals surface area contributed by atoms with E-state index >= 15 is 0 Å². The van der Waals surface area contributed by atoms with Gasteiger partial charge in [0.05, 0.1) is 30.5 Å². The number of ether oxygens (including phenoxy) is 1. The molecule has 1 atom stereocenters. The molecule has 0 saturated carbocycles. The molecular weight excluding hydrogens is 409 g/mol. The third kappa shape index (κ3) is 3.96. The van der Waals surface area contributed by atoms with Gasteiger partial charge in [0.15, 0.2) is 0 Å². The normalized spacial score (nSPS) is 17.0. The van der Waals surface area contributed by atoms with Crippen molar-refractivity contribution in [3.63, 3.8) is 0 Å². The van der Waals surface area contributed by atoms with E-state index < -0.39 is 5.82 Å². The number of nitrogens with one attached hydrogen (secondary N) is 1. The van der Waals surface area contributed by atoms with Gasteiger partial charge >= 0.3 is 0 Å². The van der Waals surface area contributed by atoms with Gasteiger partial charge < -0.3 is 19.5 Å². The van der Waals surface area contributed by atoms with Crippen molar-refractivity contribution in [1.82, 2.24) is 14.8 Å². The highest BCUT2D eigenvalue weighted by atomic mass is 35.5. The van der Waals surface area contributed by atoms with Crippen LogP contribution in [0.25, 0.3) is 0 Å². The third-order valence-corrected chi connectivity index (χ3v) is 6.14. The lowest BCUT2D eigenvalue weighted by atomic mass is 10.0. The summed E-state index contributed by atoms with van der Waals surface area (Å²) in [5.41, 5.74) is 2.34. The monoisotopic (exact) mass is 433 g/mol. The molecular formula is C22H25ClFN3O3. The molecule has 2 amide bonds. The number of fused-ring (bicyclic) bond motifs is 1. The van der Waals surface area contributed by atoms with Crippen LogP contribution in [-0.4, -0.2) is 41.0 Å². The molecule has 2 aliphatic rings. The van der Waals surface area contributed by atoms with E-state index in [1.165, 1.54) is 12.1 Å². The summed E-state index contributed by atoms with van der Waals surface area (Å²) in [5.74, 6) is -0.756. The molecule has 6 nitrogen and oxygen atoms in total. The molecule has 160 valence electrons. The molecule has 2 aromatic rings. The average molecular weight is 434 g/mol. The highest BCUT2D eigenvalue weighted by Crippen LogP contribution is 2.28. The van der Waals surface area contributed by atoms with Gasteiger partial charge in [-0.25, -0.2) is 4.39 Å². The standard InChI is InChI=1S/C22H25ClFN3O3/c1-2-18(15-6-5-14(24)11-17(15)23)25-21(28)16-12-19(22(29)26-7-3-4-8-26)27-9-10-30-13-20(16)27/h5-6,11-12,18H,2-4,7-10,13H2,1H3,(H,25,28)/t18-/m1/s1. The van der Waals surface area contributed by atoms with Crippen LogP contribution in [0.1, 0.15) is 64.3 Å². The topological polar surface area (TPSA) is 63.6 Å². The molecule has 3 heterocycles. The molecule has 0 aliphatic carbocycles. The minimum absolute atomic E-state index is 0.0386. The van der Waals surface area contributed by atoms with Crippen LogP contribution in [-0.2, 0) is 17.9 Å². The minimum atomic E-state index is -0.423. The van der Waals surface area contributed by atoms with E-state index in [-0.39, 0.29) is 29.5 Å². The van der Waals surface area contributed by atoms with Gasteiger partial charge in [-0.2, -0.15) is 0 Å². The first kappa shape index (κ1) is 20.9. The lowest BCUT2D eigenvalue weighted by Gasteiger charge is -2.22. The third-order valence-electron chi connectivity index (χ3n) is 5.82. The average Bonchev–Trinajstić information content (AvgIpc) is 3.40. The number of rotatable bonds is 5.